The molecule has 0 saturated carbocycles. The monoisotopic (exact) mass is 401 g/mol. The van der Waals surface area contributed by atoms with E-state index in [2.05, 4.69) is 39.7 Å². The number of aliphatic hydroxyl groups is 1. The lowest BCUT2D eigenvalue weighted by atomic mass is 10.0. The van der Waals surface area contributed by atoms with Crippen molar-refractivity contribution in [2.75, 3.05) is 12.4 Å². The van der Waals surface area contributed by atoms with Crippen LogP contribution in [0.4, 0.5) is 11.5 Å². The van der Waals surface area contributed by atoms with Gasteiger partial charge in [0.2, 0.25) is 0 Å². The van der Waals surface area contributed by atoms with Gasteiger partial charge in [-0.2, -0.15) is 5.10 Å². The van der Waals surface area contributed by atoms with Crippen molar-refractivity contribution in [3.63, 3.8) is 0 Å². The van der Waals surface area contributed by atoms with Crippen LogP contribution < -0.4 is 10.1 Å². The van der Waals surface area contributed by atoms with Crippen molar-refractivity contribution in [1.29, 1.82) is 0 Å². The average Bonchev–Trinajstić information content (AvgIpc) is 3.22. The Balaban J connectivity index is 1.65. The number of benzene rings is 2. The highest BCUT2D eigenvalue weighted by atomic mass is 16.5. The number of pyridine rings is 1. The lowest BCUT2D eigenvalue weighted by molar-refractivity contribution is 0.0258. The zero-order valence-electron chi connectivity index (χ0n) is 17.5. The number of hydrogen-bond acceptors (Lipinski definition) is 5. The van der Waals surface area contributed by atoms with E-state index in [0.29, 0.717) is 5.75 Å². The minimum Gasteiger partial charge on any atom is -0.495 e. The molecule has 0 bridgehead atoms. The van der Waals surface area contributed by atoms with Gasteiger partial charge in [0.25, 0.3) is 0 Å². The van der Waals surface area contributed by atoms with Gasteiger partial charge >= 0.3 is 0 Å². The summed E-state index contributed by atoms with van der Waals surface area (Å²) in [6, 6.07) is 16.6. The molecule has 0 aliphatic heterocycles. The van der Waals surface area contributed by atoms with E-state index in [4.69, 9.17) is 4.74 Å². The number of fused-ring (bicyclic) bond motifs is 1. The maximum absolute atomic E-state index is 10.3. The summed E-state index contributed by atoms with van der Waals surface area (Å²) in [5.74, 6) is 1.44. The summed E-state index contributed by atoms with van der Waals surface area (Å²) in [5, 5.41) is 20.1. The predicted molar refractivity (Wildman–Crippen MR) is 119 cm³/mol. The highest BCUT2D eigenvalue weighted by Gasteiger charge is 2.24. The van der Waals surface area contributed by atoms with Crippen LogP contribution in [0.5, 0.6) is 5.75 Å². The first-order valence-corrected chi connectivity index (χ1v) is 9.83. The molecule has 2 heterocycles. The average molecular weight is 401 g/mol. The van der Waals surface area contributed by atoms with Crippen molar-refractivity contribution in [2.45, 2.75) is 32.4 Å². The summed E-state index contributed by atoms with van der Waals surface area (Å²) in [6.07, 6.45) is 5.65. The molecule has 4 rings (SSSR count). The van der Waals surface area contributed by atoms with Crippen LogP contribution in [0.3, 0.4) is 0 Å². The third-order valence-corrected chi connectivity index (χ3v) is 5.38. The van der Waals surface area contributed by atoms with E-state index in [1.54, 1.807) is 31.7 Å². The fraction of sp³-hybridized carbons (Fsp3) is 0.250. The second kappa shape index (κ2) is 7.80. The van der Waals surface area contributed by atoms with Gasteiger partial charge in [-0.3, -0.25) is 4.68 Å². The van der Waals surface area contributed by atoms with E-state index < -0.39 is 5.60 Å². The number of nitrogens with zero attached hydrogens (tertiary/aromatic N) is 3. The van der Waals surface area contributed by atoms with E-state index in [0.717, 1.165) is 33.4 Å². The third kappa shape index (κ3) is 4.00. The van der Waals surface area contributed by atoms with Gasteiger partial charge < -0.3 is 15.2 Å². The lowest BCUT2D eigenvalue weighted by Gasteiger charge is -2.25. The molecule has 2 aromatic carbocycles. The van der Waals surface area contributed by atoms with Gasteiger partial charge in [-0.1, -0.05) is 18.2 Å². The summed E-state index contributed by atoms with van der Waals surface area (Å²) < 4.78 is 7.18. The maximum atomic E-state index is 10.3. The van der Waals surface area contributed by atoms with Crippen LogP contribution >= 0.6 is 0 Å². The first-order valence-electron chi connectivity index (χ1n) is 9.83. The molecule has 2 aromatic heterocycles. The lowest BCUT2D eigenvalue weighted by Crippen LogP contribution is -2.31. The van der Waals surface area contributed by atoms with Crippen LogP contribution in [-0.2, 0) is 0 Å². The molecule has 1 atom stereocenters. The van der Waals surface area contributed by atoms with Crippen LogP contribution in [0, 0.1) is 6.07 Å². The maximum Gasteiger partial charge on any atom is 0.142 e. The van der Waals surface area contributed by atoms with E-state index in [9.17, 15) is 5.11 Å². The standard InChI is InChI=1S/C24H25N4O2/c1-16(24(2,3)29)28-15-20(14-26-28)17-9-10-18-13-25-23(12-19(18)11-17)27-21-7-5-6-8-22(21)30-4/h5,7-16,29H,1-4H3,(H,25,27). The van der Waals surface area contributed by atoms with Crippen molar-refractivity contribution in [3.8, 4) is 16.9 Å². The van der Waals surface area contributed by atoms with Gasteiger partial charge in [-0.05, 0) is 62.1 Å². The minimum atomic E-state index is -0.852. The van der Waals surface area contributed by atoms with Gasteiger partial charge in [0.1, 0.15) is 11.6 Å². The van der Waals surface area contributed by atoms with Crippen molar-refractivity contribution < 1.29 is 9.84 Å². The van der Waals surface area contributed by atoms with Crippen LogP contribution in [0.1, 0.15) is 26.8 Å². The number of ether oxygens (including phenoxy) is 1. The van der Waals surface area contributed by atoms with E-state index in [1.807, 2.05) is 43.7 Å². The van der Waals surface area contributed by atoms with Gasteiger partial charge in [-0.15, -0.1) is 0 Å². The number of rotatable bonds is 6. The second-order valence-corrected chi connectivity index (χ2v) is 7.92. The molecule has 6 nitrogen and oxygen atoms in total. The molecule has 4 aromatic rings. The molecule has 0 aliphatic rings. The Bertz CT molecular complexity index is 1180. The molecule has 1 radical (unpaired) electrons. The molecule has 2 N–H and O–H groups in total. The normalized spacial score (nSPS) is 12.7. The number of aromatic nitrogens is 3. The molecule has 6 heteroatoms. The Hall–Kier alpha value is -3.38. The summed E-state index contributed by atoms with van der Waals surface area (Å²) in [6.45, 7) is 5.53. The Labute approximate surface area is 176 Å². The molecule has 30 heavy (non-hydrogen) atoms. The molecular weight excluding hydrogens is 376 g/mol. The minimum absolute atomic E-state index is 0.134. The third-order valence-electron chi connectivity index (χ3n) is 5.38. The van der Waals surface area contributed by atoms with Crippen LogP contribution in [0.2, 0.25) is 0 Å². The van der Waals surface area contributed by atoms with Crippen molar-refractivity contribution in [2.24, 2.45) is 0 Å². The summed E-state index contributed by atoms with van der Waals surface area (Å²) >= 11 is 0. The zero-order valence-corrected chi connectivity index (χ0v) is 17.5. The summed E-state index contributed by atoms with van der Waals surface area (Å²) in [5.41, 5.74) is 2.04. The van der Waals surface area contributed by atoms with Gasteiger partial charge in [0.05, 0.1) is 30.6 Å². The Morgan fingerprint density at radius 1 is 1.13 bits per heavy atom. The molecular formula is C24H25N4O2. The molecule has 0 fully saturated rings. The number of nitrogens with one attached hydrogen (secondary N) is 1. The highest BCUT2D eigenvalue weighted by molar-refractivity contribution is 5.88. The van der Waals surface area contributed by atoms with Crippen LogP contribution in [0.25, 0.3) is 21.9 Å². The predicted octanol–water partition coefficient (Wildman–Crippen LogP) is 4.98. The SMILES string of the molecule is COc1c[c]ccc1Nc1cc2cc(-c3cnn(C(C)C(C)(C)O)c3)ccc2cn1. The molecule has 0 aliphatic carbocycles. The highest BCUT2D eigenvalue weighted by Crippen LogP contribution is 2.30. The Kier molecular flexibility index (Phi) is 5.18. The van der Waals surface area contributed by atoms with Crippen molar-refractivity contribution in [1.82, 2.24) is 14.8 Å². The van der Waals surface area contributed by atoms with Gasteiger partial charge in [0, 0.05) is 23.3 Å². The second-order valence-electron chi connectivity index (χ2n) is 7.92. The van der Waals surface area contributed by atoms with E-state index in [-0.39, 0.29) is 6.04 Å². The van der Waals surface area contributed by atoms with Crippen LogP contribution in [-0.4, -0.2) is 32.6 Å². The quantitative estimate of drug-likeness (QED) is 0.477. The first-order chi connectivity index (χ1) is 14.3. The fourth-order valence-electron chi connectivity index (χ4n) is 3.24. The smallest absolute Gasteiger partial charge is 0.142 e. The first kappa shape index (κ1) is 19.9. The topological polar surface area (TPSA) is 72.2 Å². The van der Waals surface area contributed by atoms with E-state index >= 15 is 0 Å². The van der Waals surface area contributed by atoms with Gasteiger partial charge in [0.15, 0.2) is 0 Å². The van der Waals surface area contributed by atoms with Crippen molar-refractivity contribution >= 4 is 22.3 Å². The zero-order chi connectivity index (χ0) is 21.3. The Morgan fingerprint density at radius 3 is 2.73 bits per heavy atom. The van der Waals surface area contributed by atoms with E-state index in [1.165, 1.54) is 0 Å². The molecule has 0 spiro atoms. The summed E-state index contributed by atoms with van der Waals surface area (Å²) in [7, 11) is 1.63. The van der Waals surface area contributed by atoms with Crippen molar-refractivity contribution in [3.05, 3.63) is 67.1 Å². The molecule has 1 unspecified atom stereocenters. The number of anilines is 2. The number of methoxy groups -OCH3 is 1. The largest absolute Gasteiger partial charge is 0.495 e. The fourth-order valence-corrected chi connectivity index (χ4v) is 3.24. The molecule has 153 valence electrons. The molecule has 0 saturated heterocycles. The Morgan fingerprint density at radius 2 is 1.97 bits per heavy atom. The van der Waals surface area contributed by atoms with Gasteiger partial charge in [-0.25, -0.2) is 4.98 Å². The number of hydrogen-bond donors (Lipinski definition) is 2. The van der Waals surface area contributed by atoms with Crippen LogP contribution in [0.15, 0.2) is 61.1 Å². The summed E-state index contributed by atoms with van der Waals surface area (Å²) in [4.78, 5) is 4.51. The molecule has 0 amide bonds.